The number of imidazole rings is 1. The van der Waals surface area contributed by atoms with Crippen molar-refractivity contribution in [2.75, 3.05) is 37.6 Å². The number of hydrogen-bond acceptors (Lipinski definition) is 7. The number of aromatic amines is 1. The summed E-state index contributed by atoms with van der Waals surface area (Å²) in [5.74, 6) is 0.460. The van der Waals surface area contributed by atoms with Crippen molar-refractivity contribution < 1.29 is 9.53 Å². The molecule has 1 N–H and O–H groups in total. The molecular weight excluding hydrogens is 448 g/mol. The summed E-state index contributed by atoms with van der Waals surface area (Å²) in [5, 5.41) is 0. The predicted molar refractivity (Wildman–Crippen MR) is 135 cm³/mol. The van der Waals surface area contributed by atoms with E-state index in [-0.39, 0.29) is 19.1 Å². The summed E-state index contributed by atoms with van der Waals surface area (Å²) in [6, 6.07) is 9.64. The van der Waals surface area contributed by atoms with Gasteiger partial charge in [-0.3, -0.25) is 24.0 Å². The fourth-order valence-corrected chi connectivity index (χ4v) is 4.45. The van der Waals surface area contributed by atoms with Crippen molar-refractivity contribution in [1.82, 2.24) is 24.0 Å². The minimum Gasteiger partial charge on any atom is -0.460 e. The number of aryl methyl sites for hydroxylation is 2. The van der Waals surface area contributed by atoms with Gasteiger partial charge in [-0.1, -0.05) is 56.5 Å². The van der Waals surface area contributed by atoms with E-state index in [4.69, 9.17) is 9.72 Å². The highest BCUT2D eigenvalue weighted by atomic mass is 16.5. The fraction of sp³-hybridized carbons (Fsp3) is 0.520. The minimum atomic E-state index is -0.469. The predicted octanol–water partition coefficient (Wildman–Crippen LogP) is 1.87. The maximum atomic E-state index is 12.7. The summed E-state index contributed by atoms with van der Waals surface area (Å²) >= 11 is 0. The Balaban J connectivity index is 1.43. The molecule has 2 aromatic heterocycles. The first-order valence-corrected chi connectivity index (χ1v) is 12.3. The fourth-order valence-electron chi connectivity index (χ4n) is 4.45. The van der Waals surface area contributed by atoms with E-state index in [0.29, 0.717) is 49.8 Å². The van der Waals surface area contributed by atoms with Gasteiger partial charge in [-0.2, -0.15) is 4.98 Å². The van der Waals surface area contributed by atoms with Gasteiger partial charge in [0.05, 0.1) is 6.54 Å². The Hall–Kier alpha value is -3.40. The molecule has 10 heteroatoms. The SMILES string of the molecule is CCCCCCn1c(N2CCN(CC(=O)OCc3ccccc3)CC2)nc2c1c(=O)[nH]c(=O)n2C. The van der Waals surface area contributed by atoms with E-state index in [9.17, 15) is 14.4 Å². The second-order valence-corrected chi connectivity index (χ2v) is 9.02. The number of nitrogens with zero attached hydrogens (tertiary/aromatic N) is 5. The molecule has 0 saturated carbocycles. The second kappa shape index (κ2) is 11.4. The summed E-state index contributed by atoms with van der Waals surface area (Å²) < 4.78 is 8.76. The minimum absolute atomic E-state index is 0.238. The monoisotopic (exact) mass is 482 g/mol. The number of esters is 1. The van der Waals surface area contributed by atoms with Crippen molar-refractivity contribution in [2.24, 2.45) is 7.05 Å². The van der Waals surface area contributed by atoms with E-state index in [1.165, 1.54) is 4.57 Å². The number of piperazine rings is 1. The molecule has 0 radical (unpaired) electrons. The standard InChI is InChI=1S/C25H34N6O4/c1-3-4-5-9-12-31-21-22(28(2)25(34)27-23(21)33)26-24(31)30-15-13-29(14-16-30)17-20(32)35-18-19-10-7-6-8-11-19/h6-8,10-11H,3-5,9,12-18H2,1-2H3,(H,27,33,34). The highest BCUT2D eigenvalue weighted by molar-refractivity contribution is 5.74. The number of nitrogens with one attached hydrogen (secondary N) is 1. The third-order valence-corrected chi connectivity index (χ3v) is 6.47. The Labute approximate surface area is 204 Å². The van der Waals surface area contributed by atoms with Crippen LogP contribution in [-0.4, -0.2) is 62.7 Å². The molecular formula is C25H34N6O4. The van der Waals surface area contributed by atoms with E-state index in [1.54, 1.807) is 7.05 Å². The molecule has 1 aliphatic rings. The largest absolute Gasteiger partial charge is 0.460 e. The van der Waals surface area contributed by atoms with Gasteiger partial charge in [-0.15, -0.1) is 0 Å². The number of fused-ring (bicyclic) bond motifs is 1. The zero-order valence-corrected chi connectivity index (χ0v) is 20.5. The van der Waals surface area contributed by atoms with Crippen LogP contribution < -0.4 is 16.1 Å². The maximum absolute atomic E-state index is 12.7. The highest BCUT2D eigenvalue weighted by Gasteiger charge is 2.25. The van der Waals surface area contributed by atoms with E-state index < -0.39 is 11.2 Å². The van der Waals surface area contributed by atoms with Gasteiger partial charge in [0.2, 0.25) is 5.95 Å². The number of aromatic nitrogens is 4. The van der Waals surface area contributed by atoms with Crippen molar-refractivity contribution in [1.29, 1.82) is 0 Å². The Bertz CT molecular complexity index is 1250. The molecule has 35 heavy (non-hydrogen) atoms. The summed E-state index contributed by atoms with van der Waals surface area (Å²) in [4.78, 5) is 48.5. The number of carbonyl (C=O) groups is 1. The van der Waals surface area contributed by atoms with Gasteiger partial charge in [0.15, 0.2) is 11.2 Å². The van der Waals surface area contributed by atoms with Crippen molar-refractivity contribution in [2.45, 2.75) is 45.8 Å². The Morgan fingerprint density at radius 2 is 1.80 bits per heavy atom. The number of benzene rings is 1. The number of ether oxygens (including phenoxy) is 1. The summed E-state index contributed by atoms with van der Waals surface area (Å²) in [6.45, 7) is 6.02. The van der Waals surface area contributed by atoms with E-state index >= 15 is 0 Å². The zero-order valence-electron chi connectivity index (χ0n) is 20.5. The zero-order chi connectivity index (χ0) is 24.8. The van der Waals surface area contributed by atoms with Gasteiger partial charge in [-0.25, -0.2) is 4.79 Å². The van der Waals surface area contributed by atoms with Crippen molar-refractivity contribution in [3.63, 3.8) is 0 Å². The third-order valence-electron chi connectivity index (χ3n) is 6.47. The van der Waals surface area contributed by atoms with Crippen LogP contribution in [0.5, 0.6) is 0 Å². The van der Waals surface area contributed by atoms with E-state index in [2.05, 4.69) is 21.7 Å². The molecule has 0 unspecified atom stereocenters. The average molecular weight is 483 g/mol. The number of anilines is 1. The first-order valence-electron chi connectivity index (χ1n) is 12.3. The molecule has 188 valence electrons. The Kier molecular flexibility index (Phi) is 8.02. The summed E-state index contributed by atoms with van der Waals surface area (Å²) in [6.07, 6.45) is 4.26. The number of H-pyrrole nitrogens is 1. The molecule has 0 bridgehead atoms. The smallest absolute Gasteiger partial charge is 0.329 e. The van der Waals surface area contributed by atoms with Crippen molar-refractivity contribution in [3.05, 3.63) is 56.7 Å². The van der Waals surface area contributed by atoms with Gasteiger partial charge < -0.3 is 14.2 Å². The lowest BCUT2D eigenvalue weighted by molar-refractivity contribution is -0.146. The maximum Gasteiger partial charge on any atom is 0.329 e. The lowest BCUT2D eigenvalue weighted by Gasteiger charge is -2.34. The molecule has 0 aliphatic carbocycles. The van der Waals surface area contributed by atoms with Crippen LogP contribution in [-0.2, 0) is 29.7 Å². The molecule has 3 heterocycles. The molecule has 1 aromatic carbocycles. The molecule has 1 fully saturated rings. The molecule has 1 saturated heterocycles. The molecule has 0 spiro atoms. The van der Waals surface area contributed by atoms with Gasteiger partial charge in [-0.05, 0) is 12.0 Å². The molecule has 0 amide bonds. The van der Waals surface area contributed by atoms with Crippen LogP contribution in [0.3, 0.4) is 0 Å². The van der Waals surface area contributed by atoms with Gasteiger partial charge >= 0.3 is 11.7 Å². The van der Waals surface area contributed by atoms with E-state index in [0.717, 1.165) is 31.2 Å². The number of hydrogen-bond donors (Lipinski definition) is 1. The van der Waals surface area contributed by atoms with Crippen LogP contribution in [0.1, 0.15) is 38.2 Å². The number of unbranched alkanes of at least 4 members (excludes halogenated alkanes) is 3. The second-order valence-electron chi connectivity index (χ2n) is 9.02. The lowest BCUT2D eigenvalue weighted by Crippen LogP contribution is -2.49. The quantitative estimate of drug-likeness (QED) is 0.347. The third kappa shape index (κ3) is 5.82. The summed E-state index contributed by atoms with van der Waals surface area (Å²) in [7, 11) is 1.62. The van der Waals surface area contributed by atoms with E-state index in [1.807, 2.05) is 34.9 Å². The van der Waals surface area contributed by atoms with Crippen LogP contribution in [0.2, 0.25) is 0 Å². The average Bonchev–Trinajstić information content (AvgIpc) is 3.25. The number of carbonyl (C=O) groups excluding carboxylic acids is 1. The molecule has 3 aromatic rings. The highest BCUT2D eigenvalue weighted by Crippen LogP contribution is 2.22. The Morgan fingerprint density at radius 3 is 2.51 bits per heavy atom. The first-order chi connectivity index (χ1) is 17.0. The van der Waals surface area contributed by atoms with Crippen LogP contribution in [0, 0.1) is 0 Å². The van der Waals surface area contributed by atoms with Gasteiger partial charge in [0.1, 0.15) is 6.61 Å². The first kappa shape index (κ1) is 24.7. The normalized spacial score (nSPS) is 14.5. The van der Waals surface area contributed by atoms with Crippen LogP contribution in [0.25, 0.3) is 11.2 Å². The Morgan fingerprint density at radius 1 is 1.06 bits per heavy atom. The molecule has 1 aliphatic heterocycles. The van der Waals surface area contributed by atoms with Crippen LogP contribution in [0.4, 0.5) is 5.95 Å². The molecule has 0 atom stereocenters. The van der Waals surface area contributed by atoms with Crippen LogP contribution >= 0.6 is 0 Å². The molecule has 10 nitrogen and oxygen atoms in total. The molecule has 4 rings (SSSR count). The van der Waals surface area contributed by atoms with Crippen molar-refractivity contribution >= 4 is 23.1 Å². The topological polar surface area (TPSA) is 105 Å². The van der Waals surface area contributed by atoms with Crippen molar-refractivity contribution in [3.8, 4) is 0 Å². The van der Waals surface area contributed by atoms with Crippen LogP contribution in [0.15, 0.2) is 39.9 Å². The van der Waals surface area contributed by atoms with Gasteiger partial charge in [0, 0.05) is 39.8 Å². The number of rotatable bonds is 10. The van der Waals surface area contributed by atoms with Gasteiger partial charge in [0.25, 0.3) is 5.56 Å². The summed E-state index contributed by atoms with van der Waals surface area (Å²) in [5.41, 5.74) is 0.926. The lowest BCUT2D eigenvalue weighted by atomic mass is 10.2.